The lowest BCUT2D eigenvalue weighted by atomic mass is 10.3. The summed E-state index contributed by atoms with van der Waals surface area (Å²) in [6.45, 7) is 0. The van der Waals surface area contributed by atoms with Crippen LogP contribution in [0.4, 0.5) is 13.2 Å². The second-order valence-electron chi connectivity index (χ2n) is 3.76. The molecule has 0 amide bonds. The first-order valence-corrected chi connectivity index (χ1v) is 6.44. The Morgan fingerprint density at radius 2 is 1.89 bits per heavy atom. The van der Waals surface area contributed by atoms with E-state index in [0.29, 0.717) is 17.1 Å². The van der Waals surface area contributed by atoms with Gasteiger partial charge in [-0.05, 0) is 30.3 Å². The predicted octanol–water partition coefficient (Wildman–Crippen LogP) is 3.79. The zero-order chi connectivity index (χ0) is 14.0. The summed E-state index contributed by atoms with van der Waals surface area (Å²) < 4.78 is 44.2. The molecule has 3 nitrogen and oxygen atoms in total. The van der Waals surface area contributed by atoms with E-state index in [1.54, 1.807) is 24.3 Å². The third-order valence-electron chi connectivity index (χ3n) is 2.53. The van der Waals surface area contributed by atoms with Gasteiger partial charge in [0.2, 0.25) is 0 Å². The van der Waals surface area contributed by atoms with Crippen LogP contribution in [0.25, 0.3) is 5.69 Å². The Morgan fingerprint density at radius 1 is 1.26 bits per heavy atom. The molecule has 2 aromatic rings. The van der Waals surface area contributed by atoms with E-state index in [9.17, 15) is 13.2 Å². The van der Waals surface area contributed by atoms with E-state index < -0.39 is 11.9 Å². The minimum atomic E-state index is -4.45. The fraction of sp³-hybridized carbons (Fsp3) is 0.250. The van der Waals surface area contributed by atoms with Crippen molar-refractivity contribution in [2.24, 2.45) is 0 Å². The van der Waals surface area contributed by atoms with Gasteiger partial charge in [-0.15, -0.1) is 0 Å². The highest BCUT2D eigenvalue weighted by Gasteiger charge is 2.34. The summed E-state index contributed by atoms with van der Waals surface area (Å²) in [5, 5.41) is 3.88. The van der Waals surface area contributed by atoms with Crippen molar-refractivity contribution in [2.45, 2.75) is 11.5 Å². The molecule has 0 unspecified atom stereocenters. The van der Waals surface area contributed by atoms with Crippen LogP contribution in [-0.2, 0) is 11.5 Å². The van der Waals surface area contributed by atoms with Gasteiger partial charge in [-0.25, -0.2) is 4.68 Å². The number of hydrogen-bond acceptors (Lipinski definition) is 2. The lowest BCUT2D eigenvalue weighted by Gasteiger charge is -2.06. The zero-order valence-electron chi connectivity index (χ0n) is 9.91. The van der Waals surface area contributed by atoms with Crippen molar-refractivity contribution in [1.29, 1.82) is 0 Å². The summed E-state index contributed by atoms with van der Waals surface area (Å²) in [7, 11) is 1.52. The maximum atomic E-state index is 12.6. The SMILES string of the molecule is COc1ccc(-n2nc(C(F)(F)F)cc2CBr)cc1. The van der Waals surface area contributed by atoms with Gasteiger partial charge in [-0.3, -0.25) is 0 Å². The van der Waals surface area contributed by atoms with Crippen molar-refractivity contribution in [3.05, 3.63) is 41.7 Å². The smallest absolute Gasteiger partial charge is 0.435 e. The van der Waals surface area contributed by atoms with Gasteiger partial charge >= 0.3 is 6.18 Å². The van der Waals surface area contributed by atoms with E-state index in [-0.39, 0.29) is 5.33 Å². The van der Waals surface area contributed by atoms with E-state index in [1.165, 1.54) is 11.8 Å². The Hall–Kier alpha value is -1.50. The van der Waals surface area contributed by atoms with Crippen molar-refractivity contribution in [3.63, 3.8) is 0 Å². The summed E-state index contributed by atoms with van der Waals surface area (Å²) in [6, 6.07) is 7.67. The molecule has 0 atom stereocenters. The van der Waals surface area contributed by atoms with Gasteiger partial charge in [0, 0.05) is 5.33 Å². The predicted molar refractivity (Wildman–Crippen MR) is 67.7 cm³/mol. The number of ether oxygens (including phenoxy) is 1. The minimum absolute atomic E-state index is 0.280. The maximum absolute atomic E-state index is 12.6. The first-order valence-electron chi connectivity index (χ1n) is 5.32. The van der Waals surface area contributed by atoms with Gasteiger partial charge in [0.25, 0.3) is 0 Å². The van der Waals surface area contributed by atoms with Crippen LogP contribution in [0.2, 0.25) is 0 Å². The van der Waals surface area contributed by atoms with Crippen LogP contribution in [0.15, 0.2) is 30.3 Å². The third kappa shape index (κ3) is 2.91. The Balaban J connectivity index is 2.45. The highest BCUT2D eigenvalue weighted by atomic mass is 79.9. The molecule has 1 aromatic carbocycles. The lowest BCUT2D eigenvalue weighted by Crippen LogP contribution is -2.07. The average molecular weight is 335 g/mol. The first-order chi connectivity index (χ1) is 8.95. The van der Waals surface area contributed by atoms with E-state index >= 15 is 0 Å². The second kappa shape index (κ2) is 5.24. The van der Waals surface area contributed by atoms with Crippen LogP contribution in [0.1, 0.15) is 11.4 Å². The molecule has 0 aliphatic rings. The molecule has 1 aromatic heterocycles. The lowest BCUT2D eigenvalue weighted by molar-refractivity contribution is -0.141. The van der Waals surface area contributed by atoms with E-state index in [0.717, 1.165) is 6.07 Å². The molecule has 0 radical (unpaired) electrons. The van der Waals surface area contributed by atoms with E-state index in [2.05, 4.69) is 21.0 Å². The average Bonchev–Trinajstić information content (AvgIpc) is 2.83. The van der Waals surface area contributed by atoms with Crippen molar-refractivity contribution in [3.8, 4) is 11.4 Å². The standard InChI is InChI=1S/C12H10BrF3N2O/c1-19-10-4-2-8(3-5-10)18-9(7-13)6-11(17-18)12(14,15)16/h2-6H,7H2,1H3. The molecule has 0 fully saturated rings. The fourth-order valence-corrected chi connectivity index (χ4v) is 2.00. The van der Waals surface area contributed by atoms with Crippen molar-refractivity contribution >= 4 is 15.9 Å². The molecule has 0 saturated heterocycles. The summed E-state index contributed by atoms with van der Waals surface area (Å²) in [5.74, 6) is 0.632. The van der Waals surface area contributed by atoms with Crippen molar-refractivity contribution in [1.82, 2.24) is 9.78 Å². The zero-order valence-corrected chi connectivity index (χ0v) is 11.5. The summed E-state index contributed by atoms with van der Waals surface area (Å²) in [4.78, 5) is 0. The van der Waals surface area contributed by atoms with Crippen molar-refractivity contribution in [2.75, 3.05) is 7.11 Å². The largest absolute Gasteiger partial charge is 0.497 e. The number of halogens is 4. The molecule has 0 bridgehead atoms. The summed E-state index contributed by atoms with van der Waals surface area (Å²) in [5.41, 5.74) is 0.0704. The van der Waals surface area contributed by atoms with Crippen LogP contribution in [0.5, 0.6) is 5.75 Å². The van der Waals surface area contributed by atoms with Gasteiger partial charge in [-0.2, -0.15) is 18.3 Å². The monoisotopic (exact) mass is 334 g/mol. The highest BCUT2D eigenvalue weighted by molar-refractivity contribution is 9.08. The minimum Gasteiger partial charge on any atom is -0.497 e. The topological polar surface area (TPSA) is 27.1 Å². The summed E-state index contributed by atoms with van der Waals surface area (Å²) in [6.07, 6.45) is -4.45. The van der Waals surface area contributed by atoms with Gasteiger partial charge in [0.05, 0.1) is 18.5 Å². The van der Waals surface area contributed by atoms with Crippen LogP contribution in [-0.4, -0.2) is 16.9 Å². The molecule has 0 saturated carbocycles. The molecule has 7 heteroatoms. The molecule has 102 valence electrons. The van der Waals surface area contributed by atoms with Gasteiger partial charge in [-0.1, -0.05) is 15.9 Å². The van der Waals surface area contributed by atoms with Crippen LogP contribution in [0.3, 0.4) is 0 Å². The van der Waals surface area contributed by atoms with Crippen molar-refractivity contribution < 1.29 is 17.9 Å². The number of hydrogen-bond donors (Lipinski definition) is 0. The van der Waals surface area contributed by atoms with Crippen LogP contribution >= 0.6 is 15.9 Å². The van der Waals surface area contributed by atoms with E-state index in [1.807, 2.05) is 0 Å². The number of rotatable bonds is 3. The fourth-order valence-electron chi connectivity index (χ4n) is 1.60. The highest BCUT2D eigenvalue weighted by Crippen LogP contribution is 2.30. The quantitative estimate of drug-likeness (QED) is 0.798. The van der Waals surface area contributed by atoms with Gasteiger partial charge < -0.3 is 4.74 Å². The van der Waals surface area contributed by atoms with Crippen LogP contribution in [0, 0.1) is 0 Å². The van der Waals surface area contributed by atoms with Gasteiger partial charge in [0.1, 0.15) is 5.75 Å². The Bertz CT molecular complexity index is 563. The number of benzene rings is 1. The molecule has 2 rings (SSSR count). The Morgan fingerprint density at radius 3 is 2.37 bits per heavy atom. The third-order valence-corrected chi connectivity index (χ3v) is 3.10. The van der Waals surface area contributed by atoms with Gasteiger partial charge in [0.15, 0.2) is 5.69 Å². The Kier molecular flexibility index (Phi) is 3.84. The molecule has 0 spiro atoms. The number of alkyl halides is 4. The normalized spacial score (nSPS) is 11.6. The molecular weight excluding hydrogens is 325 g/mol. The summed E-state index contributed by atoms with van der Waals surface area (Å²) >= 11 is 3.16. The first kappa shape index (κ1) is 13.9. The molecule has 1 heterocycles. The Labute approximate surface area is 116 Å². The second-order valence-corrected chi connectivity index (χ2v) is 4.32. The molecule has 19 heavy (non-hydrogen) atoms. The molecule has 0 aliphatic heterocycles. The molecule has 0 N–H and O–H groups in total. The van der Waals surface area contributed by atoms with E-state index in [4.69, 9.17) is 4.74 Å². The number of aromatic nitrogens is 2. The number of methoxy groups -OCH3 is 1. The molecular formula is C12H10BrF3N2O. The van der Waals surface area contributed by atoms with Crippen LogP contribution < -0.4 is 4.74 Å². The molecule has 0 aliphatic carbocycles. The maximum Gasteiger partial charge on any atom is 0.435 e. The number of nitrogens with zero attached hydrogens (tertiary/aromatic N) is 2.